The second kappa shape index (κ2) is 6.57. The first-order valence-corrected chi connectivity index (χ1v) is 8.82. The van der Waals surface area contributed by atoms with Crippen molar-refractivity contribution in [3.05, 3.63) is 47.7 Å². The van der Waals surface area contributed by atoms with Crippen molar-refractivity contribution >= 4 is 16.8 Å². The molecule has 0 N–H and O–H groups in total. The van der Waals surface area contributed by atoms with Crippen LogP contribution in [0.25, 0.3) is 10.9 Å². The number of nitrogens with zero attached hydrogens (tertiary/aromatic N) is 5. The largest absolute Gasteiger partial charge is 0.377 e. The van der Waals surface area contributed by atoms with Gasteiger partial charge in [-0.15, -0.1) is 0 Å². The molecule has 1 aliphatic rings. The highest BCUT2D eigenvalue weighted by atomic mass is 16.5. The Morgan fingerprint density at radius 2 is 2.15 bits per heavy atom. The van der Waals surface area contributed by atoms with Crippen LogP contribution in [0.3, 0.4) is 0 Å². The Labute approximate surface area is 152 Å². The van der Waals surface area contributed by atoms with Gasteiger partial charge in [0.05, 0.1) is 11.6 Å². The summed E-state index contributed by atoms with van der Waals surface area (Å²) in [6.07, 6.45) is 2.77. The number of imidazole rings is 1. The van der Waals surface area contributed by atoms with E-state index in [1.165, 1.54) is 0 Å². The molecule has 0 radical (unpaired) electrons. The number of benzene rings is 1. The number of carbonyl (C=O) groups is 1. The number of methoxy groups -OCH3 is 1. The van der Waals surface area contributed by atoms with Crippen molar-refractivity contribution in [3.8, 4) is 0 Å². The van der Waals surface area contributed by atoms with E-state index in [1.807, 2.05) is 49.3 Å². The van der Waals surface area contributed by atoms with Crippen molar-refractivity contribution in [1.29, 1.82) is 0 Å². The number of hydrogen-bond acceptors (Lipinski definition) is 4. The predicted octanol–water partition coefficient (Wildman–Crippen LogP) is 2.31. The van der Waals surface area contributed by atoms with E-state index < -0.39 is 0 Å². The minimum Gasteiger partial charge on any atom is -0.377 e. The van der Waals surface area contributed by atoms with E-state index in [4.69, 9.17) is 4.74 Å². The molecule has 1 amide bonds. The van der Waals surface area contributed by atoms with Crippen LogP contribution in [0.15, 0.2) is 30.5 Å². The second-order valence-corrected chi connectivity index (χ2v) is 6.80. The molecular formula is C19H23N5O2. The third-order valence-corrected chi connectivity index (χ3v) is 5.11. The molecule has 1 aliphatic heterocycles. The number of ether oxygens (including phenoxy) is 1. The molecule has 1 saturated heterocycles. The molecule has 3 aromatic rings. The van der Waals surface area contributed by atoms with Gasteiger partial charge in [-0.3, -0.25) is 9.48 Å². The maximum Gasteiger partial charge on any atom is 0.275 e. The summed E-state index contributed by atoms with van der Waals surface area (Å²) in [5, 5.41) is 5.38. The number of aromatic nitrogens is 4. The number of fused-ring (bicyclic) bond motifs is 1. The van der Waals surface area contributed by atoms with E-state index in [0.29, 0.717) is 18.8 Å². The van der Waals surface area contributed by atoms with Crippen molar-refractivity contribution in [1.82, 2.24) is 24.2 Å². The molecule has 7 nitrogen and oxygen atoms in total. The first-order valence-electron chi connectivity index (χ1n) is 8.82. The summed E-state index contributed by atoms with van der Waals surface area (Å²) >= 11 is 0. The molecule has 0 aliphatic carbocycles. The molecule has 1 atom stereocenters. The highest BCUT2D eigenvalue weighted by molar-refractivity contribution is 6.04. The van der Waals surface area contributed by atoms with Crippen LogP contribution in [0, 0.1) is 6.92 Å². The Morgan fingerprint density at radius 1 is 1.35 bits per heavy atom. The second-order valence-electron chi connectivity index (χ2n) is 6.80. The minimum absolute atomic E-state index is 0.00430. The van der Waals surface area contributed by atoms with Gasteiger partial charge in [0.1, 0.15) is 12.4 Å². The van der Waals surface area contributed by atoms with Gasteiger partial charge in [0.2, 0.25) is 0 Å². The minimum atomic E-state index is -0.00430. The van der Waals surface area contributed by atoms with Crippen LogP contribution < -0.4 is 0 Å². The van der Waals surface area contributed by atoms with E-state index >= 15 is 0 Å². The fourth-order valence-corrected chi connectivity index (χ4v) is 3.89. The molecule has 7 heteroatoms. The fourth-order valence-electron chi connectivity index (χ4n) is 3.89. The molecule has 1 aromatic carbocycles. The van der Waals surface area contributed by atoms with Gasteiger partial charge in [0, 0.05) is 44.5 Å². The average Bonchev–Trinajstić information content (AvgIpc) is 3.33. The number of aryl methyl sites for hydroxylation is 2. The zero-order chi connectivity index (χ0) is 18.3. The lowest BCUT2D eigenvalue weighted by molar-refractivity contribution is 0.0782. The van der Waals surface area contributed by atoms with Gasteiger partial charge in [-0.2, -0.15) is 5.10 Å². The van der Waals surface area contributed by atoms with Crippen LogP contribution in [0.4, 0.5) is 0 Å². The Hall–Kier alpha value is -2.67. The molecule has 1 unspecified atom stereocenters. The third-order valence-electron chi connectivity index (χ3n) is 5.11. The van der Waals surface area contributed by atoms with E-state index in [1.54, 1.807) is 11.8 Å². The average molecular weight is 353 g/mol. The maximum absolute atomic E-state index is 13.1. The number of carbonyl (C=O) groups excluding carboxylic acids is 1. The van der Waals surface area contributed by atoms with Gasteiger partial charge < -0.3 is 14.2 Å². The van der Waals surface area contributed by atoms with Crippen molar-refractivity contribution < 1.29 is 9.53 Å². The number of likely N-dealkylation sites (tertiary alicyclic amines) is 1. The van der Waals surface area contributed by atoms with Crippen molar-refractivity contribution in [2.45, 2.75) is 26.0 Å². The lowest BCUT2D eigenvalue weighted by atomic mass is 10.2. The highest BCUT2D eigenvalue weighted by Gasteiger charge is 2.31. The number of amides is 1. The Morgan fingerprint density at radius 3 is 2.96 bits per heavy atom. The highest BCUT2D eigenvalue weighted by Crippen LogP contribution is 2.27. The molecule has 2 aromatic heterocycles. The molecule has 3 heterocycles. The topological polar surface area (TPSA) is 65.2 Å². The standard InChI is InChI=1S/C19H23N5O2/c1-13-10-20-17(12-26-3)24(13)14-8-9-23(11-14)19(25)18-15-6-4-5-7-16(15)22(2)21-18/h4-7,10,14H,8-9,11-12H2,1-3H3. The molecule has 26 heavy (non-hydrogen) atoms. The predicted molar refractivity (Wildman–Crippen MR) is 97.9 cm³/mol. The summed E-state index contributed by atoms with van der Waals surface area (Å²) < 4.78 is 9.23. The first kappa shape index (κ1) is 16.8. The number of para-hydroxylation sites is 1. The summed E-state index contributed by atoms with van der Waals surface area (Å²) in [4.78, 5) is 19.4. The number of rotatable bonds is 4. The van der Waals surface area contributed by atoms with E-state index in [-0.39, 0.29) is 11.9 Å². The molecule has 0 spiro atoms. The Balaban J connectivity index is 1.59. The van der Waals surface area contributed by atoms with Crippen LogP contribution in [0.1, 0.15) is 34.5 Å². The van der Waals surface area contributed by atoms with Crippen LogP contribution in [0.5, 0.6) is 0 Å². The van der Waals surface area contributed by atoms with Gasteiger partial charge in [-0.05, 0) is 19.4 Å². The SMILES string of the molecule is COCc1ncc(C)n1C1CCN(C(=O)c2nn(C)c3ccccc23)C1. The Bertz CT molecular complexity index is 958. The quantitative estimate of drug-likeness (QED) is 0.722. The first-order chi connectivity index (χ1) is 12.6. The molecular weight excluding hydrogens is 330 g/mol. The Kier molecular flexibility index (Phi) is 4.24. The van der Waals surface area contributed by atoms with E-state index in [0.717, 1.165) is 35.4 Å². The summed E-state index contributed by atoms with van der Waals surface area (Å²) in [6, 6.07) is 8.07. The molecule has 0 saturated carbocycles. The van der Waals surface area contributed by atoms with Crippen molar-refractivity contribution in [2.75, 3.05) is 20.2 Å². The van der Waals surface area contributed by atoms with Gasteiger partial charge in [-0.1, -0.05) is 18.2 Å². The van der Waals surface area contributed by atoms with Crippen molar-refractivity contribution in [2.24, 2.45) is 7.05 Å². The fraction of sp³-hybridized carbons (Fsp3) is 0.421. The van der Waals surface area contributed by atoms with Crippen LogP contribution in [-0.4, -0.2) is 50.3 Å². The summed E-state index contributed by atoms with van der Waals surface area (Å²) in [5.74, 6) is 0.906. The van der Waals surface area contributed by atoms with Crippen LogP contribution in [0.2, 0.25) is 0 Å². The summed E-state index contributed by atoms with van der Waals surface area (Å²) in [5.41, 5.74) is 2.60. The lowest BCUT2D eigenvalue weighted by Crippen LogP contribution is -2.30. The van der Waals surface area contributed by atoms with Crippen LogP contribution in [-0.2, 0) is 18.4 Å². The maximum atomic E-state index is 13.1. The smallest absolute Gasteiger partial charge is 0.275 e. The molecule has 1 fully saturated rings. The zero-order valence-electron chi connectivity index (χ0n) is 15.3. The molecule has 136 valence electrons. The van der Waals surface area contributed by atoms with Gasteiger partial charge in [-0.25, -0.2) is 4.98 Å². The normalized spacial score (nSPS) is 17.3. The summed E-state index contributed by atoms with van der Waals surface area (Å²) in [7, 11) is 3.54. The van der Waals surface area contributed by atoms with Gasteiger partial charge in [0.15, 0.2) is 5.69 Å². The molecule has 0 bridgehead atoms. The van der Waals surface area contributed by atoms with E-state index in [9.17, 15) is 4.79 Å². The monoisotopic (exact) mass is 353 g/mol. The van der Waals surface area contributed by atoms with Crippen LogP contribution >= 0.6 is 0 Å². The number of hydrogen-bond donors (Lipinski definition) is 0. The zero-order valence-corrected chi connectivity index (χ0v) is 15.3. The van der Waals surface area contributed by atoms with Gasteiger partial charge in [0.25, 0.3) is 5.91 Å². The molecule has 4 rings (SSSR count). The van der Waals surface area contributed by atoms with Crippen molar-refractivity contribution in [3.63, 3.8) is 0 Å². The third kappa shape index (κ3) is 2.68. The summed E-state index contributed by atoms with van der Waals surface area (Å²) in [6.45, 7) is 3.90. The lowest BCUT2D eigenvalue weighted by Gasteiger charge is -2.19. The van der Waals surface area contributed by atoms with E-state index in [2.05, 4.69) is 14.6 Å². The van der Waals surface area contributed by atoms with Gasteiger partial charge >= 0.3 is 0 Å².